The molecule has 4 rings (SSSR count). The summed E-state index contributed by atoms with van der Waals surface area (Å²) < 4.78 is 5.53. The minimum Gasteiger partial charge on any atom is -0.481 e. The summed E-state index contributed by atoms with van der Waals surface area (Å²) in [6.07, 6.45) is 4.09. The van der Waals surface area contributed by atoms with Gasteiger partial charge in [0.15, 0.2) is 0 Å². The van der Waals surface area contributed by atoms with Gasteiger partial charge in [-0.05, 0) is 53.9 Å². The summed E-state index contributed by atoms with van der Waals surface area (Å²) in [5, 5.41) is 14.5. The number of fused-ring (bicyclic) bond motifs is 3. The van der Waals surface area contributed by atoms with Crippen LogP contribution in [-0.4, -0.2) is 42.3 Å². The fourth-order valence-corrected chi connectivity index (χ4v) is 4.99. The first-order valence-electron chi connectivity index (χ1n) is 12.1. The van der Waals surface area contributed by atoms with Gasteiger partial charge in [0.1, 0.15) is 6.61 Å². The van der Waals surface area contributed by atoms with Crippen LogP contribution < -0.4 is 10.6 Å². The second-order valence-electron chi connectivity index (χ2n) is 9.26. The van der Waals surface area contributed by atoms with E-state index in [2.05, 4.69) is 34.9 Å². The molecule has 0 bridgehead atoms. The van der Waals surface area contributed by atoms with Crippen molar-refractivity contribution in [2.45, 2.75) is 56.9 Å². The Balaban J connectivity index is 1.08. The molecule has 180 valence electrons. The summed E-state index contributed by atoms with van der Waals surface area (Å²) in [7, 11) is 0. The zero-order valence-corrected chi connectivity index (χ0v) is 19.3. The Labute approximate surface area is 199 Å². The number of benzene rings is 2. The minimum absolute atomic E-state index is 0.0169. The van der Waals surface area contributed by atoms with Crippen LogP contribution in [-0.2, 0) is 14.3 Å². The maximum absolute atomic E-state index is 12.2. The van der Waals surface area contributed by atoms with Crippen molar-refractivity contribution < 1.29 is 24.2 Å². The van der Waals surface area contributed by atoms with Crippen molar-refractivity contribution in [3.63, 3.8) is 0 Å². The van der Waals surface area contributed by atoms with E-state index < -0.39 is 12.1 Å². The van der Waals surface area contributed by atoms with Crippen LogP contribution in [0.1, 0.15) is 62.0 Å². The summed E-state index contributed by atoms with van der Waals surface area (Å²) in [5.74, 6) is -0.525. The number of ether oxygens (including phenoxy) is 1. The number of carbonyl (C=O) groups is 3. The summed E-state index contributed by atoms with van der Waals surface area (Å²) in [4.78, 5) is 34.8. The first-order chi connectivity index (χ1) is 16.5. The van der Waals surface area contributed by atoms with Gasteiger partial charge in [0.2, 0.25) is 5.91 Å². The number of carbonyl (C=O) groups excluding carboxylic acids is 2. The van der Waals surface area contributed by atoms with E-state index in [-0.39, 0.29) is 30.2 Å². The van der Waals surface area contributed by atoms with Crippen LogP contribution in [0.15, 0.2) is 48.5 Å². The van der Waals surface area contributed by atoms with E-state index in [0.717, 1.165) is 32.1 Å². The molecule has 2 amide bonds. The lowest BCUT2D eigenvalue weighted by molar-refractivity contribution is -0.139. The molecule has 1 saturated carbocycles. The molecular weight excluding hydrogens is 432 g/mol. The van der Waals surface area contributed by atoms with Gasteiger partial charge >= 0.3 is 12.1 Å². The third-order valence-corrected chi connectivity index (χ3v) is 6.76. The quantitative estimate of drug-likeness (QED) is 0.426. The van der Waals surface area contributed by atoms with Gasteiger partial charge in [-0.25, -0.2) is 4.79 Å². The van der Waals surface area contributed by atoms with Crippen LogP contribution in [0.25, 0.3) is 11.1 Å². The zero-order valence-electron chi connectivity index (χ0n) is 19.3. The molecule has 0 aromatic heterocycles. The lowest BCUT2D eigenvalue weighted by Gasteiger charge is -2.34. The number of hydrogen-bond acceptors (Lipinski definition) is 4. The van der Waals surface area contributed by atoms with Gasteiger partial charge in [0.25, 0.3) is 0 Å². The van der Waals surface area contributed by atoms with Crippen LogP contribution in [0, 0.1) is 5.92 Å². The second-order valence-corrected chi connectivity index (χ2v) is 9.26. The van der Waals surface area contributed by atoms with Crippen molar-refractivity contribution in [1.29, 1.82) is 0 Å². The van der Waals surface area contributed by atoms with Gasteiger partial charge in [0, 0.05) is 31.3 Å². The Morgan fingerprint density at radius 2 is 1.56 bits per heavy atom. The normalized spacial score (nSPS) is 18.4. The highest BCUT2D eigenvalue weighted by Gasteiger charge is 2.31. The van der Waals surface area contributed by atoms with Crippen molar-refractivity contribution in [3.8, 4) is 11.1 Å². The average molecular weight is 465 g/mol. The Morgan fingerprint density at radius 3 is 2.21 bits per heavy atom. The molecule has 0 saturated heterocycles. The lowest BCUT2D eigenvalue weighted by Crippen LogP contribution is -2.44. The third-order valence-electron chi connectivity index (χ3n) is 6.76. The molecule has 2 aromatic rings. The summed E-state index contributed by atoms with van der Waals surface area (Å²) in [6, 6.07) is 16.6. The van der Waals surface area contributed by atoms with Crippen LogP contribution in [0.5, 0.6) is 0 Å². The van der Waals surface area contributed by atoms with E-state index >= 15 is 0 Å². The number of alkyl carbamates (subject to hydrolysis) is 1. The maximum Gasteiger partial charge on any atom is 0.407 e. The van der Waals surface area contributed by atoms with Gasteiger partial charge in [-0.15, -0.1) is 0 Å². The molecule has 2 aliphatic rings. The SMILES string of the molecule is O=C(O)CC1CC(NC(=O)CCCCCNC(=O)OCC2c3ccccc3-c3ccccc32)C1. The van der Waals surface area contributed by atoms with Gasteiger partial charge in [0.05, 0.1) is 0 Å². The molecule has 0 aliphatic heterocycles. The zero-order chi connectivity index (χ0) is 23.9. The average Bonchev–Trinajstić information content (AvgIpc) is 3.12. The Bertz CT molecular complexity index is 986. The van der Waals surface area contributed by atoms with Crippen LogP contribution >= 0.6 is 0 Å². The standard InChI is InChI=1S/C27H32N2O5/c30-25(29-19-14-18(15-19)16-26(31)32)12-2-1-7-13-28-27(33)34-17-24-22-10-5-3-8-20(22)21-9-4-6-11-23(21)24/h3-6,8-11,18-19,24H,1-2,7,12-17H2,(H,28,33)(H,29,30)(H,31,32). The summed E-state index contributed by atoms with van der Waals surface area (Å²) >= 11 is 0. The molecule has 7 heteroatoms. The monoisotopic (exact) mass is 464 g/mol. The van der Waals surface area contributed by atoms with Crippen molar-refractivity contribution in [3.05, 3.63) is 59.7 Å². The Hall–Kier alpha value is -3.35. The molecule has 0 atom stereocenters. The molecule has 0 radical (unpaired) electrons. The highest BCUT2D eigenvalue weighted by molar-refractivity contribution is 5.79. The smallest absolute Gasteiger partial charge is 0.407 e. The molecular formula is C27H32N2O5. The van der Waals surface area contributed by atoms with E-state index in [1.165, 1.54) is 22.3 Å². The molecule has 7 nitrogen and oxygen atoms in total. The van der Waals surface area contributed by atoms with Crippen molar-refractivity contribution in [2.75, 3.05) is 13.2 Å². The number of unbranched alkanes of at least 4 members (excludes halogenated alkanes) is 2. The van der Waals surface area contributed by atoms with Gasteiger partial charge in [-0.2, -0.15) is 0 Å². The number of nitrogens with one attached hydrogen (secondary N) is 2. The van der Waals surface area contributed by atoms with Crippen LogP contribution in [0.3, 0.4) is 0 Å². The highest BCUT2D eigenvalue weighted by Crippen LogP contribution is 2.44. The molecule has 0 heterocycles. The van der Waals surface area contributed by atoms with Crippen LogP contribution in [0.2, 0.25) is 0 Å². The predicted octanol–water partition coefficient (Wildman–Crippen LogP) is 4.46. The topological polar surface area (TPSA) is 105 Å². The highest BCUT2D eigenvalue weighted by atomic mass is 16.5. The van der Waals surface area contributed by atoms with Gasteiger partial charge < -0.3 is 20.5 Å². The number of carboxylic acid groups (broad SMARTS) is 1. The maximum atomic E-state index is 12.2. The molecule has 0 unspecified atom stereocenters. The number of amides is 2. The Morgan fingerprint density at radius 1 is 0.912 bits per heavy atom. The summed E-state index contributed by atoms with van der Waals surface area (Å²) in [6.45, 7) is 0.812. The number of aliphatic carboxylic acids is 1. The number of rotatable bonds is 11. The third kappa shape index (κ3) is 5.95. The van der Waals surface area contributed by atoms with Gasteiger partial charge in [-0.1, -0.05) is 55.0 Å². The van der Waals surface area contributed by atoms with Crippen molar-refractivity contribution >= 4 is 18.0 Å². The number of carboxylic acids is 1. The first-order valence-corrected chi connectivity index (χ1v) is 12.1. The minimum atomic E-state index is -0.776. The van der Waals surface area contributed by atoms with E-state index in [0.29, 0.717) is 19.6 Å². The molecule has 2 aliphatic carbocycles. The van der Waals surface area contributed by atoms with Gasteiger partial charge in [-0.3, -0.25) is 9.59 Å². The summed E-state index contributed by atoms with van der Waals surface area (Å²) in [5.41, 5.74) is 4.78. The number of hydrogen-bond donors (Lipinski definition) is 3. The predicted molar refractivity (Wildman–Crippen MR) is 128 cm³/mol. The molecule has 3 N–H and O–H groups in total. The molecule has 2 aromatic carbocycles. The van der Waals surface area contributed by atoms with E-state index in [1.54, 1.807) is 0 Å². The van der Waals surface area contributed by atoms with E-state index in [9.17, 15) is 14.4 Å². The largest absolute Gasteiger partial charge is 0.481 e. The molecule has 34 heavy (non-hydrogen) atoms. The first kappa shape index (κ1) is 23.8. The fraction of sp³-hybridized carbons (Fsp3) is 0.444. The lowest BCUT2D eigenvalue weighted by atomic mass is 9.78. The molecule has 0 spiro atoms. The fourth-order valence-electron chi connectivity index (χ4n) is 4.99. The van der Waals surface area contributed by atoms with E-state index in [1.807, 2.05) is 24.3 Å². The van der Waals surface area contributed by atoms with E-state index in [4.69, 9.17) is 9.84 Å². The van der Waals surface area contributed by atoms with Crippen LogP contribution in [0.4, 0.5) is 4.79 Å². The second kappa shape index (κ2) is 11.2. The Kier molecular flexibility index (Phi) is 7.83. The molecule has 1 fully saturated rings. The van der Waals surface area contributed by atoms with Crippen molar-refractivity contribution in [1.82, 2.24) is 10.6 Å². The van der Waals surface area contributed by atoms with Crippen molar-refractivity contribution in [2.24, 2.45) is 5.92 Å².